The van der Waals surface area contributed by atoms with Crippen molar-refractivity contribution in [3.8, 4) is 0 Å². The van der Waals surface area contributed by atoms with E-state index in [0.29, 0.717) is 12.4 Å². The smallest absolute Gasteiger partial charge is 0.269 e. The number of carbonyl (C=O) groups excluding carboxylic acids is 2. The highest BCUT2D eigenvalue weighted by Gasteiger charge is 2.53. The predicted molar refractivity (Wildman–Crippen MR) is 115 cm³/mol. The minimum atomic E-state index is -0.581. The van der Waals surface area contributed by atoms with E-state index in [-0.39, 0.29) is 11.9 Å². The molecule has 0 bridgehead atoms. The Morgan fingerprint density at radius 3 is 2.45 bits per heavy atom. The second kappa shape index (κ2) is 7.83. The van der Waals surface area contributed by atoms with Gasteiger partial charge in [-0.1, -0.05) is 60.2 Å². The molecule has 0 radical (unpaired) electrons. The lowest BCUT2D eigenvalue weighted by atomic mass is 10.1. The van der Waals surface area contributed by atoms with E-state index in [2.05, 4.69) is 25.1 Å². The summed E-state index contributed by atoms with van der Waals surface area (Å²) in [6.07, 6.45) is 0. The highest BCUT2D eigenvalue weighted by atomic mass is 32.2. The quantitative estimate of drug-likeness (QED) is 0.732. The van der Waals surface area contributed by atoms with Crippen LogP contribution in [0.1, 0.15) is 16.7 Å². The minimum absolute atomic E-state index is 0.242. The van der Waals surface area contributed by atoms with Gasteiger partial charge >= 0.3 is 11.2 Å². The van der Waals surface area contributed by atoms with E-state index in [1.165, 1.54) is 28.0 Å². The standard InChI is InChI=1S/C22H23N4O2S/c1-15-8-7-11-17(12-15)14-29-21-23-19-18(20(27)25(3)22(28)24(19)2)26(21)13-16-9-5-4-6-10-16/h4-12,18H,13-14H2,1-3H3/q+1. The molecular weight excluding hydrogens is 384 g/mol. The van der Waals surface area contributed by atoms with Gasteiger partial charge in [0.05, 0.1) is 0 Å². The first-order valence-corrected chi connectivity index (χ1v) is 10.4. The maximum atomic E-state index is 13.0. The van der Waals surface area contributed by atoms with E-state index in [0.717, 1.165) is 16.5 Å². The molecule has 2 aliphatic rings. The normalized spacial score (nSPS) is 19.0. The Bertz CT molecular complexity index is 1030. The van der Waals surface area contributed by atoms with Gasteiger partial charge in [-0.15, -0.1) is 0 Å². The second-order valence-corrected chi connectivity index (χ2v) is 8.23. The maximum Gasteiger partial charge on any atom is 0.358 e. The summed E-state index contributed by atoms with van der Waals surface area (Å²) in [4.78, 5) is 32.7. The molecule has 0 aromatic heterocycles. The average Bonchev–Trinajstić information content (AvgIpc) is 3.08. The van der Waals surface area contributed by atoms with Crippen LogP contribution in [-0.4, -0.2) is 57.5 Å². The van der Waals surface area contributed by atoms with E-state index >= 15 is 0 Å². The molecule has 2 heterocycles. The van der Waals surface area contributed by atoms with Gasteiger partial charge in [0.2, 0.25) is 0 Å². The fraction of sp³-hybridized carbons (Fsp3) is 0.273. The molecule has 148 valence electrons. The van der Waals surface area contributed by atoms with Gasteiger partial charge in [0.25, 0.3) is 17.8 Å². The third kappa shape index (κ3) is 3.70. The molecule has 2 aromatic rings. The van der Waals surface area contributed by atoms with Crippen LogP contribution in [0.3, 0.4) is 0 Å². The number of amidine groups is 2. The van der Waals surface area contributed by atoms with Gasteiger partial charge in [-0.2, -0.15) is 0 Å². The number of aliphatic imine (C=N–C) groups is 1. The Morgan fingerprint density at radius 2 is 1.72 bits per heavy atom. The molecule has 0 N–H and O–H groups in total. The number of fused-ring (bicyclic) bond motifs is 1. The number of nitrogens with zero attached hydrogens (tertiary/aromatic N) is 4. The highest BCUT2D eigenvalue weighted by Crippen LogP contribution is 2.26. The van der Waals surface area contributed by atoms with Crippen molar-refractivity contribution in [3.05, 3.63) is 71.3 Å². The highest BCUT2D eigenvalue weighted by molar-refractivity contribution is 8.13. The summed E-state index contributed by atoms with van der Waals surface area (Å²) in [5.41, 5.74) is 3.50. The third-order valence-electron chi connectivity index (χ3n) is 5.14. The minimum Gasteiger partial charge on any atom is -0.269 e. The zero-order valence-corrected chi connectivity index (χ0v) is 17.5. The molecule has 0 saturated carbocycles. The van der Waals surface area contributed by atoms with E-state index < -0.39 is 6.04 Å². The molecule has 29 heavy (non-hydrogen) atoms. The molecule has 1 atom stereocenters. The van der Waals surface area contributed by atoms with Crippen molar-refractivity contribution in [2.75, 3.05) is 14.1 Å². The number of benzene rings is 2. The molecule has 0 aliphatic carbocycles. The Hall–Kier alpha value is -2.93. The summed E-state index contributed by atoms with van der Waals surface area (Å²) in [5.74, 6) is 1.00. The Kier molecular flexibility index (Phi) is 5.24. The van der Waals surface area contributed by atoms with Crippen LogP contribution in [0.2, 0.25) is 0 Å². The summed E-state index contributed by atoms with van der Waals surface area (Å²) in [6.45, 7) is 2.62. The Morgan fingerprint density at radius 1 is 1.00 bits per heavy atom. The lowest BCUT2D eigenvalue weighted by molar-refractivity contribution is -0.548. The topological polar surface area (TPSA) is 56.0 Å². The van der Waals surface area contributed by atoms with Gasteiger partial charge in [0.15, 0.2) is 0 Å². The predicted octanol–water partition coefficient (Wildman–Crippen LogP) is 3.10. The van der Waals surface area contributed by atoms with E-state index in [1.807, 2.05) is 41.0 Å². The molecule has 4 rings (SSSR count). The van der Waals surface area contributed by atoms with Crippen LogP contribution in [-0.2, 0) is 17.1 Å². The maximum absolute atomic E-state index is 13.0. The number of thioether (sulfide) groups is 1. The molecule has 6 nitrogen and oxygen atoms in total. The summed E-state index contributed by atoms with van der Waals surface area (Å²) >= 11 is 1.59. The van der Waals surface area contributed by atoms with Gasteiger partial charge in [-0.3, -0.25) is 14.6 Å². The molecule has 0 spiro atoms. The monoisotopic (exact) mass is 407 g/mol. The van der Waals surface area contributed by atoms with E-state index in [4.69, 9.17) is 4.99 Å². The number of amides is 3. The van der Waals surface area contributed by atoms with Crippen LogP contribution in [0.25, 0.3) is 0 Å². The molecule has 7 heteroatoms. The third-order valence-corrected chi connectivity index (χ3v) is 6.20. The lowest BCUT2D eigenvalue weighted by Gasteiger charge is -2.30. The van der Waals surface area contributed by atoms with Crippen LogP contribution in [0.4, 0.5) is 4.79 Å². The summed E-state index contributed by atoms with van der Waals surface area (Å²) < 4.78 is 2.01. The van der Waals surface area contributed by atoms with Gasteiger partial charge in [-0.25, -0.2) is 9.37 Å². The Labute approximate surface area is 174 Å². The second-order valence-electron chi connectivity index (χ2n) is 7.29. The van der Waals surface area contributed by atoms with Gasteiger partial charge in [0.1, 0.15) is 6.54 Å². The zero-order chi connectivity index (χ0) is 20.5. The SMILES string of the molecule is Cc1cccc(CSC2=[N+](Cc3ccccc3)C3C(=O)N(C)C(=O)N(C)C3=N2)c1. The van der Waals surface area contributed by atoms with Crippen LogP contribution >= 0.6 is 11.8 Å². The van der Waals surface area contributed by atoms with Gasteiger partial charge in [-0.05, 0) is 34.8 Å². The molecule has 2 aromatic carbocycles. The van der Waals surface area contributed by atoms with Crippen molar-refractivity contribution in [2.24, 2.45) is 4.99 Å². The molecule has 3 amide bonds. The van der Waals surface area contributed by atoms with Crippen molar-refractivity contribution in [1.29, 1.82) is 0 Å². The number of rotatable bonds is 4. The van der Waals surface area contributed by atoms with E-state index in [1.54, 1.807) is 18.8 Å². The number of imide groups is 1. The van der Waals surface area contributed by atoms with Crippen molar-refractivity contribution >= 4 is 34.7 Å². The van der Waals surface area contributed by atoms with Crippen LogP contribution in [0, 0.1) is 6.92 Å². The number of aryl methyl sites for hydroxylation is 1. The van der Waals surface area contributed by atoms with Crippen molar-refractivity contribution in [1.82, 2.24) is 9.80 Å². The number of urea groups is 1. The molecule has 1 saturated heterocycles. The first kappa shape index (κ1) is 19.4. The summed E-state index contributed by atoms with van der Waals surface area (Å²) in [5, 5.41) is 0.763. The van der Waals surface area contributed by atoms with E-state index in [9.17, 15) is 9.59 Å². The van der Waals surface area contributed by atoms with Crippen molar-refractivity contribution in [3.63, 3.8) is 0 Å². The first-order chi connectivity index (χ1) is 14.0. The summed E-state index contributed by atoms with van der Waals surface area (Å²) in [6, 6.07) is 17.4. The zero-order valence-electron chi connectivity index (χ0n) is 16.7. The van der Waals surface area contributed by atoms with Crippen molar-refractivity contribution < 1.29 is 14.2 Å². The number of likely N-dealkylation sites (N-methyl/N-ethyl adjacent to an activating group) is 2. The van der Waals surface area contributed by atoms with Gasteiger partial charge in [0, 0.05) is 19.8 Å². The van der Waals surface area contributed by atoms with Crippen LogP contribution in [0.5, 0.6) is 0 Å². The molecule has 1 fully saturated rings. The number of hydrogen-bond acceptors (Lipinski definition) is 4. The van der Waals surface area contributed by atoms with Crippen LogP contribution < -0.4 is 0 Å². The fourth-order valence-corrected chi connectivity index (χ4v) is 4.55. The van der Waals surface area contributed by atoms with Gasteiger partial charge < -0.3 is 0 Å². The van der Waals surface area contributed by atoms with Crippen molar-refractivity contribution in [2.45, 2.75) is 25.3 Å². The Balaban J connectivity index is 1.69. The average molecular weight is 408 g/mol. The molecule has 2 aliphatic heterocycles. The molecule has 1 unspecified atom stereocenters. The van der Waals surface area contributed by atoms with Crippen LogP contribution in [0.15, 0.2) is 59.6 Å². The first-order valence-electron chi connectivity index (χ1n) is 9.45. The number of carbonyl (C=O) groups is 2. The fourth-order valence-electron chi connectivity index (χ4n) is 3.58. The lowest BCUT2D eigenvalue weighted by Crippen LogP contribution is -2.61. The molecular formula is C22H23N4O2S+. The largest absolute Gasteiger partial charge is 0.358 e. The number of hydrogen-bond donors (Lipinski definition) is 0. The summed E-state index contributed by atoms with van der Waals surface area (Å²) in [7, 11) is 3.20.